The van der Waals surface area contributed by atoms with E-state index in [0.29, 0.717) is 13.0 Å². The molecule has 192 valence electrons. The Labute approximate surface area is 210 Å². The molecule has 1 fully saturated rings. The minimum atomic E-state index is -3.50. The second-order valence-corrected chi connectivity index (χ2v) is 12.4. The maximum atomic E-state index is 13.5. The molecule has 0 spiro atoms. The van der Waals surface area contributed by atoms with Gasteiger partial charge in [0, 0.05) is 19.7 Å². The van der Waals surface area contributed by atoms with Gasteiger partial charge in [-0.2, -0.15) is 0 Å². The molecule has 0 radical (unpaired) electrons. The Balaban J connectivity index is 1.59. The van der Waals surface area contributed by atoms with Crippen LogP contribution in [0.25, 0.3) is 0 Å². The van der Waals surface area contributed by atoms with Gasteiger partial charge in [-0.25, -0.2) is 12.7 Å². The summed E-state index contributed by atoms with van der Waals surface area (Å²) in [4.78, 5) is 0. The minimum absolute atomic E-state index is 0.000807. The summed E-state index contributed by atoms with van der Waals surface area (Å²) in [5.74, 6) is 0.938. The summed E-state index contributed by atoms with van der Waals surface area (Å²) in [6.07, 6.45) is 4.47. The number of benzene rings is 2. The highest BCUT2D eigenvalue weighted by Gasteiger charge is 2.47. The first-order valence-corrected chi connectivity index (χ1v) is 14.2. The summed E-state index contributed by atoms with van der Waals surface area (Å²) in [5.41, 5.74) is 2.90. The van der Waals surface area contributed by atoms with E-state index in [4.69, 9.17) is 14.2 Å². The fraction of sp³-hybridized carbons (Fsp3) is 0.571. The topological polar surface area (TPSA) is 65.1 Å². The van der Waals surface area contributed by atoms with Crippen LogP contribution < -0.4 is 4.74 Å². The van der Waals surface area contributed by atoms with Gasteiger partial charge in [0.25, 0.3) is 0 Å². The second-order valence-electron chi connectivity index (χ2n) is 10.4. The lowest BCUT2D eigenvalue weighted by atomic mass is 9.62. The Morgan fingerprint density at radius 3 is 2.57 bits per heavy atom. The Kier molecular flexibility index (Phi) is 8.21. The lowest BCUT2D eigenvalue weighted by Gasteiger charge is -2.49. The van der Waals surface area contributed by atoms with Gasteiger partial charge in [-0.1, -0.05) is 50.2 Å². The molecule has 2 aromatic rings. The van der Waals surface area contributed by atoms with E-state index < -0.39 is 10.0 Å². The lowest BCUT2D eigenvalue weighted by molar-refractivity contribution is -0.164. The molecule has 3 unspecified atom stereocenters. The van der Waals surface area contributed by atoms with Gasteiger partial charge in [0.05, 0.1) is 19.5 Å². The molecule has 0 bridgehead atoms. The fourth-order valence-corrected chi connectivity index (χ4v) is 7.23. The van der Waals surface area contributed by atoms with Gasteiger partial charge < -0.3 is 14.2 Å². The number of sulfonamides is 1. The molecule has 1 heterocycles. The average molecular weight is 502 g/mol. The first-order chi connectivity index (χ1) is 16.7. The predicted octanol–water partition coefficient (Wildman–Crippen LogP) is 5.12. The zero-order valence-electron chi connectivity index (χ0n) is 21.4. The minimum Gasteiger partial charge on any atom is -0.497 e. The summed E-state index contributed by atoms with van der Waals surface area (Å²) in [5, 5.41) is 0. The number of methoxy groups -OCH3 is 1. The standard InChI is InChI=1S/C28H39NO5S/c1-28(2)25(15-17-34-27-12-8-9-16-33-27)24-19-23(32-4)14-13-22(24)18-26(28)29(3)35(30,31)20-21-10-6-5-7-11-21/h5-7,10-11,13-14,19,25-27H,8-9,12,15-18,20H2,1-4H3. The van der Waals surface area contributed by atoms with Crippen LogP contribution >= 0.6 is 0 Å². The van der Waals surface area contributed by atoms with Crippen molar-refractivity contribution in [2.45, 2.75) is 70.0 Å². The molecule has 35 heavy (non-hydrogen) atoms. The van der Waals surface area contributed by atoms with E-state index in [0.717, 1.165) is 43.6 Å². The van der Waals surface area contributed by atoms with Crippen molar-refractivity contribution in [1.29, 1.82) is 0 Å². The molecule has 6 nitrogen and oxygen atoms in total. The number of hydrogen-bond donors (Lipinski definition) is 0. The Morgan fingerprint density at radius 1 is 1.11 bits per heavy atom. The van der Waals surface area contributed by atoms with Gasteiger partial charge in [0.2, 0.25) is 10.0 Å². The summed E-state index contributed by atoms with van der Waals surface area (Å²) in [6, 6.07) is 15.4. The van der Waals surface area contributed by atoms with Crippen LogP contribution in [0.4, 0.5) is 0 Å². The predicted molar refractivity (Wildman–Crippen MR) is 138 cm³/mol. The Bertz CT molecular complexity index is 1080. The number of fused-ring (bicyclic) bond motifs is 1. The van der Waals surface area contributed by atoms with Gasteiger partial charge in [-0.15, -0.1) is 0 Å². The van der Waals surface area contributed by atoms with E-state index in [1.54, 1.807) is 18.5 Å². The number of hydrogen-bond acceptors (Lipinski definition) is 5. The van der Waals surface area contributed by atoms with Crippen LogP contribution in [0.5, 0.6) is 5.75 Å². The highest BCUT2D eigenvalue weighted by Crippen LogP contribution is 2.50. The molecule has 0 amide bonds. The molecule has 1 saturated heterocycles. The molecule has 1 aliphatic heterocycles. The third-order valence-electron chi connectivity index (χ3n) is 7.82. The van der Waals surface area contributed by atoms with Crippen LogP contribution in [0.1, 0.15) is 62.1 Å². The maximum Gasteiger partial charge on any atom is 0.218 e. The van der Waals surface area contributed by atoms with Crippen LogP contribution in [0.2, 0.25) is 0 Å². The van der Waals surface area contributed by atoms with Crippen molar-refractivity contribution in [2.24, 2.45) is 5.41 Å². The fourth-order valence-electron chi connectivity index (χ4n) is 5.68. The van der Waals surface area contributed by atoms with E-state index in [-0.39, 0.29) is 29.4 Å². The van der Waals surface area contributed by atoms with Crippen molar-refractivity contribution in [3.05, 3.63) is 65.2 Å². The Hall–Kier alpha value is -1.93. The molecule has 0 saturated carbocycles. The van der Waals surface area contributed by atoms with Crippen molar-refractivity contribution in [3.8, 4) is 5.75 Å². The quantitative estimate of drug-likeness (QED) is 0.477. The van der Waals surface area contributed by atoms with E-state index in [1.165, 1.54) is 11.1 Å². The largest absolute Gasteiger partial charge is 0.497 e. The number of ether oxygens (including phenoxy) is 3. The molecule has 3 atom stereocenters. The first-order valence-electron chi connectivity index (χ1n) is 12.6. The SMILES string of the molecule is COc1ccc2c(c1)C(CCOC1CCCCO1)C(C)(C)C(N(C)S(=O)(=O)Cc1ccccc1)C2. The summed E-state index contributed by atoms with van der Waals surface area (Å²) in [7, 11) is -0.0828. The van der Waals surface area contributed by atoms with Crippen LogP contribution in [0.15, 0.2) is 48.5 Å². The molecule has 4 rings (SSSR count). The lowest BCUT2D eigenvalue weighted by Crippen LogP contribution is -2.52. The van der Waals surface area contributed by atoms with Crippen molar-refractivity contribution in [3.63, 3.8) is 0 Å². The average Bonchev–Trinajstić information content (AvgIpc) is 2.85. The number of likely N-dealkylation sites (N-methyl/N-ethyl adjacent to an activating group) is 1. The zero-order chi connectivity index (χ0) is 25.1. The van der Waals surface area contributed by atoms with Crippen molar-refractivity contribution in [2.75, 3.05) is 27.4 Å². The zero-order valence-corrected chi connectivity index (χ0v) is 22.2. The maximum absolute atomic E-state index is 13.5. The summed E-state index contributed by atoms with van der Waals surface area (Å²) < 4.78 is 46.0. The molecule has 2 aromatic carbocycles. The van der Waals surface area contributed by atoms with E-state index in [1.807, 2.05) is 36.4 Å². The van der Waals surface area contributed by atoms with E-state index in [9.17, 15) is 8.42 Å². The van der Waals surface area contributed by atoms with Crippen molar-refractivity contribution in [1.82, 2.24) is 4.31 Å². The third kappa shape index (κ3) is 5.91. The second kappa shape index (κ2) is 11.0. The third-order valence-corrected chi connectivity index (χ3v) is 9.65. The van der Waals surface area contributed by atoms with Crippen molar-refractivity contribution < 1.29 is 22.6 Å². The monoisotopic (exact) mass is 501 g/mol. The van der Waals surface area contributed by atoms with Gasteiger partial charge in [0.1, 0.15) is 5.75 Å². The van der Waals surface area contributed by atoms with Gasteiger partial charge in [-0.05, 0) is 72.3 Å². The van der Waals surface area contributed by atoms with Gasteiger partial charge in [-0.3, -0.25) is 0 Å². The van der Waals surface area contributed by atoms with Gasteiger partial charge in [0.15, 0.2) is 6.29 Å². The molecule has 0 N–H and O–H groups in total. The van der Waals surface area contributed by atoms with E-state index >= 15 is 0 Å². The van der Waals surface area contributed by atoms with Gasteiger partial charge >= 0.3 is 0 Å². The highest BCUT2D eigenvalue weighted by atomic mass is 32.2. The molecule has 2 aliphatic rings. The number of nitrogens with zero attached hydrogens (tertiary/aromatic N) is 1. The molecular weight excluding hydrogens is 462 g/mol. The van der Waals surface area contributed by atoms with Crippen LogP contribution in [0, 0.1) is 5.41 Å². The van der Waals surface area contributed by atoms with Crippen molar-refractivity contribution >= 4 is 10.0 Å². The smallest absolute Gasteiger partial charge is 0.218 e. The summed E-state index contributed by atoms with van der Waals surface area (Å²) in [6.45, 7) is 5.71. The first kappa shape index (κ1) is 26.1. The molecular formula is C28H39NO5S. The Morgan fingerprint density at radius 2 is 1.89 bits per heavy atom. The number of rotatable bonds is 9. The van der Waals surface area contributed by atoms with E-state index in [2.05, 4.69) is 26.0 Å². The van der Waals surface area contributed by atoms with Crippen LogP contribution in [0.3, 0.4) is 0 Å². The normalized spacial score (nSPS) is 24.2. The molecule has 0 aromatic heterocycles. The van der Waals surface area contributed by atoms with Crippen LogP contribution in [-0.2, 0) is 31.7 Å². The molecule has 1 aliphatic carbocycles. The molecule has 7 heteroatoms. The summed E-state index contributed by atoms with van der Waals surface area (Å²) >= 11 is 0. The highest BCUT2D eigenvalue weighted by molar-refractivity contribution is 7.88. The van der Waals surface area contributed by atoms with Crippen LogP contribution in [-0.4, -0.2) is 52.4 Å².